The summed E-state index contributed by atoms with van der Waals surface area (Å²) in [6, 6.07) is 2.68. The number of carbonyl (C=O) groups is 2. The quantitative estimate of drug-likeness (QED) is 0.414. The van der Waals surface area contributed by atoms with Crippen LogP contribution in [0.4, 0.5) is 29.5 Å². The van der Waals surface area contributed by atoms with E-state index in [1.165, 1.54) is 24.1 Å². The van der Waals surface area contributed by atoms with Crippen molar-refractivity contribution in [3.63, 3.8) is 0 Å². The molecule has 2 aromatic heterocycles. The van der Waals surface area contributed by atoms with Crippen LogP contribution in [0.1, 0.15) is 18.7 Å². The predicted octanol–water partition coefficient (Wildman–Crippen LogP) is 1.13. The van der Waals surface area contributed by atoms with Gasteiger partial charge in [-0.15, -0.1) is 0 Å². The zero-order valence-corrected chi connectivity index (χ0v) is 18.0. The number of nitrogen functional groups attached to an aromatic ring is 1. The zero-order valence-electron chi connectivity index (χ0n) is 18.0. The Kier molecular flexibility index (Phi) is 6.31. The van der Waals surface area contributed by atoms with Gasteiger partial charge < -0.3 is 26.0 Å². The number of aromatic nitrogens is 4. The molecule has 0 bridgehead atoms. The first-order valence-corrected chi connectivity index (χ1v) is 10.3. The van der Waals surface area contributed by atoms with Crippen LogP contribution in [0.2, 0.25) is 0 Å². The lowest BCUT2D eigenvalue weighted by Crippen LogP contribution is -2.49. The second kappa shape index (κ2) is 9.09. The Balaban J connectivity index is 1.51. The molecule has 1 aliphatic heterocycles. The van der Waals surface area contributed by atoms with E-state index < -0.39 is 48.2 Å². The molecule has 15 heteroatoms. The van der Waals surface area contributed by atoms with E-state index in [0.717, 1.165) is 24.3 Å². The van der Waals surface area contributed by atoms with Crippen LogP contribution < -0.4 is 11.1 Å². The Morgan fingerprint density at radius 1 is 1.17 bits per heavy atom. The number of aliphatic hydroxyl groups excluding tert-OH is 2. The summed E-state index contributed by atoms with van der Waals surface area (Å²) in [7, 11) is 0. The summed E-state index contributed by atoms with van der Waals surface area (Å²) in [6.07, 6.45) is -8.34. The maximum Gasteiger partial charge on any atom is 0.416 e. The Labute approximate surface area is 195 Å². The van der Waals surface area contributed by atoms with Crippen molar-refractivity contribution in [2.24, 2.45) is 0 Å². The number of imidazole rings is 1. The van der Waals surface area contributed by atoms with Crippen LogP contribution in [0.5, 0.6) is 0 Å². The summed E-state index contributed by atoms with van der Waals surface area (Å²) in [6.45, 7) is 1.32. The number of aliphatic hydroxyl groups is 2. The van der Waals surface area contributed by atoms with E-state index in [2.05, 4.69) is 20.3 Å². The molecule has 186 valence electrons. The highest BCUT2D eigenvalue weighted by Crippen LogP contribution is 2.33. The highest BCUT2D eigenvalue weighted by atomic mass is 19.4. The van der Waals surface area contributed by atoms with Crippen molar-refractivity contribution in [3.8, 4) is 0 Å². The number of hydrogen-bond donors (Lipinski definition) is 4. The minimum absolute atomic E-state index is 0.0159. The van der Waals surface area contributed by atoms with Crippen LogP contribution in [0.25, 0.3) is 11.2 Å². The fraction of sp³-hybridized carbons (Fsp3) is 0.350. The lowest BCUT2D eigenvalue weighted by Gasteiger charge is -2.24. The van der Waals surface area contributed by atoms with E-state index in [1.54, 1.807) is 0 Å². The summed E-state index contributed by atoms with van der Waals surface area (Å²) in [5, 5.41) is 23.4. The first kappa shape index (κ1) is 24.3. The molecular formula is C20H20F3N7O5. The number of amides is 3. The third-order valence-corrected chi connectivity index (χ3v) is 5.43. The monoisotopic (exact) mass is 495 g/mol. The molecule has 4 atom stereocenters. The molecule has 0 unspecified atom stereocenters. The molecule has 3 heterocycles. The largest absolute Gasteiger partial charge is 0.416 e. The first-order chi connectivity index (χ1) is 16.5. The van der Waals surface area contributed by atoms with Crippen LogP contribution in [0.3, 0.4) is 0 Å². The van der Waals surface area contributed by atoms with Crippen molar-refractivity contribution in [1.29, 1.82) is 0 Å². The number of imide groups is 1. The minimum Gasteiger partial charge on any atom is -0.387 e. The van der Waals surface area contributed by atoms with Gasteiger partial charge in [-0.3, -0.25) is 14.3 Å². The van der Waals surface area contributed by atoms with Gasteiger partial charge in [0.1, 0.15) is 24.1 Å². The van der Waals surface area contributed by atoms with E-state index in [-0.39, 0.29) is 29.2 Å². The van der Waals surface area contributed by atoms with E-state index in [1.807, 2.05) is 0 Å². The van der Waals surface area contributed by atoms with Gasteiger partial charge in [-0.1, -0.05) is 0 Å². The number of benzene rings is 1. The number of nitrogens with two attached hydrogens (primary N) is 1. The second-order valence-electron chi connectivity index (χ2n) is 7.60. The van der Waals surface area contributed by atoms with Gasteiger partial charge in [0, 0.05) is 12.2 Å². The normalized spacial score (nSPS) is 22.3. The summed E-state index contributed by atoms with van der Waals surface area (Å²) in [5.74, 6) is -0.893. The van der Waals surface area contributed by atoms with E-state index in [4.69, 9.17) is 10.5 Å². The average Bonchev–Trinajstić information content (AvgIpc) is 3.36. The lowest BCUT2D eigenvalue weighted by molar-refractivity contribution is -0.145. The average molecular weight is 495 g/mol. The molecular weight excluding hydrogens is 475 g/mol. The number of urea groups is 1. The summed E-state index contributed by atoms with van der Waals surface area (Å²) in [4.78, 5) is 38.3. The molecule has 0 spiro atoms. The number of fused-ring (bicyclic) bond motifs is 1. The number of carbonyl (C=O) groups excluding carboxylic acids is 2. The predicted molar refractivity (Wildman–Crippen MR) is 114 cm³/mol. The highest BCUT2D eigenvalue weighted by molar-refractivity contribution is 6.03. The number of alkyl halides is 3. The van der Waals surface area contributed by atoms with E-state index in [9.17, 15) is 33.0 Å². The molecule has 5 N–H and O–H groups in total. The maximum absolute atomic E-state index is 13.0. The van der Waals surface area contributed by atoms with Crippen LogP contribution >= 0.6 is 0 Å². The summed E-state index contributed by atoms with van der Waals surface area (Å²) < 4.78 is 45.1. The molecule has 35 heavy (non-hydrogen) atoms. The van der Waals surface area contributed by atoms with Crippen LogP contribution in [0, 0.1) is 0 Å². The smallest absolute Gasteiger partial charge is 0.387 e. The van der Waals surface area contributed by atoms with E-state index >= 15 is 0 Å². The van der Waals surface area contributed by atoms with Gasteiger partial charge in [-0.25, -0.2) is 19.7 Å². The molecule has 1 aliphatic rings. The van der Waals surface area contributed by atoms with Gasteiger partial charge in [0.15, 0.2) is 23.8 Å². The number of halogens is 3. The molecule has 1 fully saturated rings. The van der Waals surface area contributed by atoms with Crippen molar-refractivity contribution in [3.05, 3.63) is 42.5 Å². The molecule has 1 saturated heterocycles. The first-order valence-electron chi connectivity index (χ1n) is 10.3. The van der Waals surface area contributed by atoms with Crippen molar-refractivity contribution < 1.29 is 37.7 Å². The number of ether oxygens (including phenoxy) is 1. The maximum atomic E-state index is 13.0. The van der Waals surface area contributed by atoms with Crippen LogP contribution in [-0.4, -0.2) is 71.4 Å². The standard InChI is InChI=1S/C20H20F3N7O5/c1-2-29(19(34)28-10-5-3-9(4-6-10)20(21,22)23)17(33)14-12(31)13(32)18(35-14)30-8-27-11-15(24)25-7-26-16(11)30/h3-8,12-14,18,31-32H,2H2,1H3,(H,28,34)(H2,24,25,26)/t12-,13+,14-,18+/m0/s1. The third kappa shape index (κ3) is 4.48. The van der Waals surface area contributed by atoms with Gasteiger partial charge in [0.2, 0.25) is 0 Å². The fourth-order valence-corrected chi connectivity index (χ4v) is 3.64. The SMILES string of the molecule is CCN(C(=O)Nc1ccc(C(F)(F)F)cc1)C(=O)[C@H]1O[C@@H](n2cnc3c(N)ncnc32)[C@H](O)[C@@H]1O. The topological polar surface area (TPSA) is 169 Å². The highest BCUT2D eigenvalue weighted by Gasteiger charge is 2.49. The Morgan fingerprint density at radius 3 is 2.49 bits per heavy atom. The summed E-state index contributed by atoms with van der Waals surface area (Å²) >= 11 is 0. The molecule has 12 nitrogen and oxygen atoms in total. The minimum atomic E-state index is -4.54. The van der Waals surface area contributed by atoms with E-state index in [0.29, 0.717) is 4.90 Å². The lowest BCUT2D eigenvalue weighted by atomic mass is 10.1. The zero-order chi connectivity index (χ0) is 25.5. The van der Waals surface area contributed by atoms with Gasteiger partial charge in [-0.2, -0.15) is 13.2 Å². The van der Waals surface area contributed by atoms with Gasteiger partial charge >= 0.3 is 12.2 Å². The third-order valence-electron chi connectivity index (χ3n) is 5.43. The van der Waals surface area contributed by atoms with Crippen molar-refractivity contribution in [2.45, 2.75) is 37.6 Å². The molecule has 4 rings (SSSR count). The van der Waals surface area contributed by atoms with Crippen molar-refractivity contribution >= 4 is 34.6 Å². The van der Waals surface area contributed by atoms with Crippen molar-refractivity contribution in [1.82, 2.24) is 24.4 Å². The molecule has 0 radical (unpaired) electrons. The Bertz CT molecular complexity index is 1250. The number of nitrogens with zero attached hydrogens (tertiary/aromatic N) is 5. The fourth-order valence-electron chi connectivity index (χ4n) is 3.64. The van der Waals surface area contributed by atoms with Crippen LogP contribution in [0.15, 0.2) is 36.9 Å². The van der Waals surface area contributed by atoms with Crippen molar-refractivity contribution in [2.75, 3.05) is 17.6 Å². The molecule has 3 amide bonds. The number of nitrogens with one attached hydrogen (secondary N) is 1. The molecule has 0 aliphatic carbocycles. The number of hydrogen-bond acceptors (Lipinski definition) is 9. The molecule has 0 saturated carbocycles. The second-order valence-corrected chi connectivity index (χ2v) is 7.60. The van der Waals surface area contributed by atoms with Gasteiger partial charge in [0.25, 0.3) is 5.91 Å². The number of anilines is 2. The van der Waals surface area contributed by atoms with Crippen LogP contribution in [-0.2, 0) is 15.7 Å². The summed E-state index contributed by atoms with van der Waals surface area (Å²) in [5.41, 5.74) is 5.27. The van der Waals surface area contributed by atoms with Gasteiger partial charge in [-0.05, 0) is 31.2 Å². The molecule has 1 aromatic carbocycles. The molecule has 3 aromatic rings. The number of likely N-dealkylation sites (N-methyl/N-ethyl adjacent to an activating group) is 1. The Hall–Kier alpha value is -3.82. The number of rotatable bonds is 4. The Morgan fingerprint density at radius 2 is 1.86 bits per heavy atom. The van der Waals surface area contributed by atoms with Gasteiger partial charge in [0.05, 0.1) is 11.9 Å².